The Bertz CT molecular complexity index is 1070. The molecule has 3 heteroatoms. The predicted molar refractivity (Wildman–Crippen MR) is 119 cm³/mol. The Hall–Kier alpha value is -3.46. The molecule has 0 aliphatic rings. The lowest BCUT2D eigenvalue weighted by Crippen LogP contribution is -1.91. The minimum Gasteiger partial charge on any atom is -0.315 e. The first-order valence-corrected chi connectivity index (χ1v) is 9.43. The Kier molecular flexibility index (Phi) is 4.90. The summed E-state index contributed by atoms with van der Waals surface area (Å²) in [5.41, 5.74) is 8.85. The fourth-order valence-corrected chi connectivity index (χ4v) is 3.24. The molecule has 0 saturated heterocycles. The van der Waals surface area contributed by atoms with Crippen molar-refractivity contribution in [2.24, 2.45) is 9.98 Å². The maximum absolute atomic E-state index is 4.69. The molecular weight excluding hydrogens is 342 g/mol. The van der Waals surface area contributed by atoms with Gasteiger partial charge in [0.2, 0.25) is 0 Å². The molecule has 0 spiro atoms. The molecule has 0 aliphatic carbocycles. The number of rotatable bonds is 4. The minimum atomic E-state index is 0.950. The van der Waals surface area contributed by atoms with Crippen molar-refractivity contribution >= 4 is 29.3 Å². The van der Waals surface area contributed by atoms with Gasteiger partial charge in [-0.25, -0.2) is 0 Å². The molecule has 4 aromatic rings. The molecule has 0 fully saturated rings. The van der Waals surface area contributed by atoms with Crippen molar-refractivity contribution < 1.29 is 0 Å². The molecule has 0 atom stereocenters. The third-order valence-corrected chi connectivity index (χ3v) is 4.93. The number of hydrogen-bond donors (Lipinski definition) is 0. The summed E-state index contributed by atoms with van der Waals surface area (Å²) in [6, 6.07) is 22.7. The quantitative estimate of drug-likeness (QED) is 0.376. The molecule has 0 bridgehead atoms. The number of nitrogens with zero attached hydrogens (tertiary/aromatic N) is 3. The zero-order valence-electron chi connectivity index (χ0n) is 16.4. The van der Waals surface area contributed by atoms with Gasteiger partial charge in [-0.1, -0.05) is 41.5 Å². The maximum Gasteiger partial charge on any atom is 0.0675 e. The van der Waals surface area contributed by atoms with Crippen molar-refractivity contribution in [3.8, 4) is 0 Å². The molecule has 4 rings (SSSR count). The van der Waals surface area contributed by atoms with Crippen LogP contribution in [0.2, 0.25) is 0 Å². The van der Waals surface area contributed by atoms with E-state index in [1.54, 1.807) is 0 Å². The van der Waals surface area contributed by atoms with Gasteiger partial charge in [0.15, 0.2) is 0 Å². The van der Waals surface area contributed by atoms with Gasteiger partial charge in [0.25, 0.3) is 0 Å². The second-order valence-electron chi connectivity index (χ2n) is 7.07. The lowest BCUT2D eigenvalue weighted by molar-refractivity contribution is 1.17. The van der Waals surface area contributed by atoms with Gasteiger partial charge in [0.05, 0.1) is 28.8 Å². The van der Waals surface area contributed by atoms with Crippen LogP contribution in [0.15, 0.2) is 82.9 Å². The maximum atomic E-state index is 4.69. The van der Waals surface area contributed by atoms with Crippen LogP contribution in [0.4, 0.5) is 11.4 Å². The molecule has 138 valence electrons. The normalized spacial score (nSPS) is 11.8. The molecule has 0 unspecified atom stereocenters. The lowest BCUT2D eigenvalue weighted by Gasteiger charge is -1.99. The smallest absolute Gasteiger partial charge is 0.0675 e. The number of aliphatic imine (C=N–C) groups is 2. The van der Waals surface area contributed by atoms with E-state index in [0.717, 1.165) is 33.7 Å². The van der Waals surface area contributed by atoms with E-state index < -0.39 is 0 Å². The summed E-state index contributed by atoms with van der Waals surface area (Å²) in [7, 11) is 0. The van der Waals surface area contributed by atoms with Gasteiger partial charge in [-0.05, 0) is 62.7 Å². The second kappa shape index (κ2) is 7.65. The van der Waals surface area contributed by atoms with Crippen LogP contribution in [0, 0.1) is 20.8 Å². The Morgan fingerprint density at radius 3 is 1.86 bits per heavy atom. The van der Waals surface area contributed by atoms with E-state index in [1.165, 1.54) is 11.1 Å². The van der Waals surface area contributed by atoms with Gasteiger partial charge >= 0.3 is 0 Å². The summed E-state index contributed by atoms with van der Waals surface area (Å²) in [5.74, 6) is 0. The molecule has 2 aromatic heterocycles. The Balaban J connectivity index is 1.75. The van der Waals surface area contributed by atoms with E-state index >= 15 is 0 Å². The number of aromatic nitrogens is 1. The van der Waals surface area contributed by atoms with E-state index in [4.69, 9.17) is 0 Å². The van der Waals surface area contributed by atoms with Gasteiger partial charge < -0.3 is 4.40 Å². The van der Waals surface area contributed by atoms with Gasteiger partial charge in [0, 0.05) is 18.0 Å². The zero-order valence-corrected chi connectivity index (χ0v) is 16.4. The average Bonchev–Trinajstić information content (AvgIpc) is 2.98. The van der Waals surface area contributed by atoms with Crippen LogP contribution >= 0.6 is 0 Å². The van der Waals surface area contributed by atoms with Crippen LogP contribution in [-0.4, -0.2) is 16.8 Å². The van der Waals surface area contributed by atoms with Crippen molar-refractivity contribution in [3.05, 3.63) is 101 Å². The summed E-state index contributed by atoms with van der Waals surface area (Å²) in [5, 5.41) is 0. The van der Waals surface area contributed by atoms with Crippen molar-refractivity contribution in [1.29, 1.82) is 0 Å². The van der Waals surface area contributed by atoms with Crippen LogP contribution in [-0.2, 0) is 0 Å². The molecule has 3 nitrogen and oxygen atoms in total. The molecule has 0 saturated carbocycles. The standard InChI is InChI=1S/C25H23N3/c1-18-7-11-21(12-8-18)26-16-23-20(3)25(28-15-5-4-6-24(23)28)17-27-22-13-9-19(2)10-14-22/h4-17H,1-3H3. The molecule has 0 N–H and O–H groups in total. The van der Waals surface area contributed by atoms with Crippen LogP contribution in [0.25, 0.3) is 5.52 Å². The SMILES string of the molecule is Cc1ccc(N=Cc2c(C)c(C=Nc3ccc(C)cc3)n3ccccc23)cc1. The lowest BCUT2D eigenvalue weighted by atomic mass is 10.1. The molecule has 0 aliphatic heterocycles. The van der Waals surface area contributed by atoms with Crippen molar-refractivity contribution in [3.63, 3.8) is 0 Å². The molecule has 2 heterocycles. The summed E-state index contributed by atoms with van der Waals surface area (Å²) in [6.45, 7) is 6.29. The van der Waals surface area contributed by atoms with E-state index in [0.29, 0.717) is 0 Å². The third-order valence-electron chi connectivity index (χ3n) is 4.93. The highest BCUT2D eigenvalue weighted by Gasteiger charge is 2.11. The summed E-state index contributed by atoms with van der Waals surface area (Å²) in [6.07, 6.45) is 5.97. The molecular formula is C25H23N3. The highest BCUT2D eigenvalue weighted by atomic mass is 14.9. The summed E-state index contributed by atoms with van der Waals surface area (Å²) < 4.78 is 2.17. The number of fused-ring (bicyclic) bond motifs is 1. The molecule has 2 aromatic carbocycles. The van der Waals surface area contributed by atoms with Crippen LogP contribution < -0.4 is 0 Å². The highest BCUT2D eigenvalue weighted by Crippen LogP contribution is 2.23. The minimum absolute atomic E-state index is 0.950. The second-order valence-corrected chi connectivity index (χ2v) is 7.07. The summed E-state index contributed by atoms with van der Waals surface area (Å²) >= 11 is 0. The van der Waals surface area contributed by atoms with E-state index in [1.807, 2.05) is 42.8 Å². The first kappa shape index (κ1) is 17.9. The topological polar surface area (TPSA) is 29.1 Å². The van der Waals surface area contributed by atoms with Crippen molar-refractivity contribution in [1.82, 2.24) is 4.40 Å². The van der Waals surface area contributed by atoms with Gasteiger partial charge in [-0.15, -0.1) is 0 Å². The average molecular weight is 365 g/mol. The summed E-state index contributed by atoms with van der Waals surface area (Å²) in [4.78, 5) is 9.37. The van der Waals surface area contributed by atoms with Crippen molar-refractivity contribution in [2.45, 2.75) is 20.8 Å². The monoisotopic (exact) mass is 365 g/mol. The van der Waals surface area contributed by atoms with Crippen molar-refractivity contribution in [2.75, 3.05) is 0 Å². The fourth-order valence-electron chi connectivity index (χ4n) is 3.24. The van der Waals surface area contributed by atoms with E-state index in [2.05, 4.69) is 77.8 Å². The van der Waals surface area contributed by atoms with Gasteiger partial charge in [0.1, 0.15) is 0 Å². The predicted octanol–water partition coefficient (Wildman–Crippen LogP) is 6.37. The van der Waals surface area contributed by atoms with Gasteiger partial charge in [-0.2, -0.15) is 0 Å². The Labute approximate surface area is 165 Å². The highest BCUT2D eigenvalue weighted by molar-refractivity contribution is 5.98. The number of hydrogen-bond acceptors (Lipinski definition) is 2. The van der Waals surface area contributed by atoms with Crippen LogP contribution in [0.5, 0.6) is 0 Å². The number of benzene rings is 2. The fraction of sp³-hybridized carbons (Fsp3) is 0.120. The molecule has 28 heavy (non-hydrogen) atoms. The first-order valence-electron chi connectivity index (χ1n) is 9.43. The number of aryl methyl sites for hydroxylation is 2. The Morgan fingerprint density at radius 1 is 0.679 bits per heavy atom. The largest absolute Gasteiger partial charge is 0.315 e. The van der Waals surface area contributed by atoms with Gasteiger partial charge in [-0.3, -0.25) is 9.98 Å². The van der Waals surface area contributed by atoms with E-state index in [-0.39, 0.29) is 0 Å². The molecule has 0 amide bonds. The zero-order chi connectivity index (χ0) is 19.5. The van der Waals surface area contributed by atoms with Crippen LogP contribution in [0.1, 0.15) is 27.9 Å². The number of pyridine rings is 1. The first-order chi connectivity index (χ1) is 13.6. The molecule has 0 radical (unpaired) electrons. The third kappa shape index (κ3) is 3.65. The van der Waals surface area contributed by atoms with Crippen LogP contribution in [0.3, 0.4) is 0 Å². The Morgan fingerprint density at radius 2 is 1.25 bits per heavy atom. The van der Waals surface area contributed by atoms with E-state index in [9.17, 15) is 0 Å².